The van der Waals surface area contributed by atoms with Gasteiger partial charge in [0.1, 0.15) is 0 Å². The number of hydrogen-bond acceptors (Lipinski definition) is 3. The van der Waals surface area contributed by atoms with E-state index in [-0.39, 0.29) is 6.10 Å². The van der Waals surface area contributed by atoms with Crippen LogP contribution in [0.25, 0.3) is 0 Å². The van der Waals surface area contributed by atoms with Crippen molar-refractivity contribution in [3.8, 4) is 0 Å². The zero-order valence-corrected chi connectivity index (χ0v) is 9.42. The summed E-state index contributed by atoms with van der Waals surface area (Å²) in [5.74, 6) is 1.47. The average Bonchev–Trinajstić information content (AvgIpc) is 2.76. The van der Waals surface area contributed by atoms with Crippen molar-refractivity contribution in [1.82, 2.24) is 9.88 Å². The van der Waals surface area contributed by atoms with Crippen LogP contribution in [0.3, 0.4) is 0 Å². The second kappa shape index (κ2) is 4.15. The molecule has 0 spiro atoms. The summed E-state index contributed by atoms with van der Waals surface area (Å²) in [6.45, 7) is 3.35. The smallest absolute Gasteiger partial charge is 0.0546 e. The van der Waals surface area contributed by atoms with Gasteiger partial charge in [0.2, 0.25) is 0 Å². The molecule has 1 N–H and O–H groups in total. The summed E-state index contributed by atoms with van der Waals surface area (Å²) < 4.78 is 0. The zero-order chi connectivity index (χ0) is 11.0. The Morgan fingerprint density at radius 1 is 1.19 bits per heavy atom. The molecular weight excluding hydrogens is 200 g/mol. The molecule has 3 atom stereocenters. The average molecular weight is 218 g/mol. The Morgan fingerprint density at radius 2 is 1.81 bits per heavy atom. The number of aliphatic hydroxyl groups excluding tert-OH is 1. The molecule has 3 nitrogen and oxygen atoms in total. The summed E-state index contributed by atoms with van der Waals surface area (Å²) in [5, 5.41) is 9.58. The second-order valence-corrected chi connectivity index (χ2v) is 5.19. The van der Waals surface area contributed by atoms with E-state index in [1.807, 2.05) is 12.4 Å². The Labute approximate surface area is 96.1 Å². The van der Waals surface area contributed by atoms with Crippen LogP contribution in [0.15, 0.2) is 24.5 Å². The normalized spacial score (nSPS) is 34.2. The van der Waals surface area contributed by atoms with Crippen molar-refractivity contribution in [2.24, 2.45) is 11.8 Å². The van der Waals surface area contributed by atoms with Crippen LogP contribution in [-0.2, 0) is 6.54 Å². The molecule has 1 aromatic rings. The van der Waals surface area contributed by atoms with Crippen LogP contribution in [0, 0.1) is 11.8 Å². The van der Waals surface area contributed by atoms with E-state index >= 15 is 0 Å². The quantitative estimate of drug-likeness (QED) is 0.812. The Balaban J connectivity index is 1.60. The highest BCUT2D eigenvalue weighted by molar-refractivity contribution is 5.10. The molecule has 1 unspecified atom stereocenters. The van der Waals surface area contributed by atoms with E-state index in [0.29, 0.717) is 0 Å². The van der Waals surface area contributed by atoms with Gasteiger partial charge in [0.15, 0.2) is 0 Å². The van der Waals surface area contributed by atoms with Crippen LogP contribution in [-0.4, -0.2) is 34.2 Å². The summed E-state index contributed by atoms with van der Waals surface area (Å²) in [6.07, 6.45) is 5.71. The van der Waals surface area contributed by atoms with Crippen molar-refractivity contribution in [1.29, 1.82) is 0 Å². The molecule has 1 aliphatic heterocycles. The first-order valence-corrected chi connectivity index (χ1v) is 6.10. The maximum atomic E-state index is 9.58. The van der Waals surface area contributed by atoms with Gasteiger partial charge in [0.25, 0.3) is 0 Å². The monoisotopic (exact) mass is 218 g/mol. The third-order valence-electron chi connectivity index (χ3n) is 3.96. The van der Waals surface area contributed by atoms with Crippen molar-refractivity contribution >= 4 is 0 Å². The second-order valence-electron chi connectivity index (χ2n) is 5.19. The van der Waals surface area contributed by atoms with E-state index in [4.69, 9.17) is 0 Å². The lowest BCUT2D eigenvalue weighted by atomic mass is 10.0. The molecule has 2 heterocycles. The number of fused-ring (bicyclic) bond motifs is 1. The van der Waals surface area contributed by atoms with Gasteiger partial charge < -0.3 is 5.11 Å². The molecule has 0 radical (unpaired) electrons. The lowest BCUT2D eigenvalue weighted by Crippen LogP contribution is -2.22. The predicted octanol–water partition coefficient (Wildman–Crippen LogP) is 1.28. The lowest BCUT2D eigenvalue weighted by molar-refractivity contribution is 0.161. The Kier molecular flexibility index (Phi) is 2.65. The van der Waals surface area contributed by atoms with Gasteiger partial charge in [0.05, 0.1) is 6.10 Å². The lowest BCUT2D eigenvalue weighted by Gasteiger charge is -2.17. The molecule has 0 bridgehead atoms. The topological polar surface area (TPSA) is 36.4 Å². The number of aliphatic hydroxyl groups is 1. The number of nitrogens with zero attached hydrogens (tertiary/aromatic N) is 2. The van der Waals surface area contributed by atoms with Crippen molar-refractivity contribution in [3.05, 3.63) is 30.1 Å². The maximum Gasteiger partial charge on any atom is 0.0546 e. The van der Waals surface area contributed by atoms with E-state index < -0.39 is 0 Å². The molecule has 3 heteroatoms. The van der Waals surface area contributed by atoms with E-state index in [1.165, 1.54) is 5.56 Å². The van der Waals surface area contributed by atoms with Gasteiger partial charge in [-0.25, -0.2) is 0 Å². The fourth-order valence-electron chi connectivity index (χ4n) is 3.24. The molecular formula is C13H18N2O. The standard InChI is InChI=1S/C13H18N2O/c16-13-5-11-8-15(9-12(11)6-13)7-10-1-3-14-4-2-10/h1-4,11-13,16H,5-9H2/t11-,12+,13?. The van der Waals surface area contributed by atoms with Crippen LogP contribution < -0.4 is 0 Å². The highest BCUT2D eigenvalue weighted by Crippen LogP contribution is 2.38. The first-order valence-electron chi connectivity index (χ1n) is 6.10. The summed E-state index contributed by atoms with van der Waals surface area (Å²) >= 11 is 0. The minimum Gasteiger partial charge on any atom is -0.393 e. The van der Waals surface area contributed by atoms with Crippen LogP contribution in [0.4, 0.5) is 0 Å². The van der Waals surface area contributed by atoms with Crippen LogP contribution in [0.5, 0.6) is 0 Å². The molecule has 2 fully saturated rings. The van der Waals surface area contributed by atoms with Gasteiger partial charge in [-0.2, -0.15) is 0 Å². The number of aromatic nitrogens is 1. The van der Waals surface area contributed by atoms with E-state index in [0.717, 1.165) is 44.3 Å². The molecule has 0 amide bonds. The van der Waals surface area contributed by atoms with Gasteiger partial charge in [-0.3, -0.25) is 9.88 Å². The third-order valence-corrected chi connectivity index (χ3v) is 3.96. The minimum atomic E-state index is -0.0296. The summed E-state index contributed by atoms with van der Waals surface area (Å²) in [6, 6.07) is 4.17. The van der Waals surface area contributed by atoms with Gasteiger partial charge in [-0.15, -0.1) is 0 Å². The molecule has 1 saturated heterocycles. The van der Waals surface area contributed by atoms with Crippen molar-refractivity contribution in [2.45, 2.75) is 25.5 Å². The molecule has 1 saturated carbocycles. The van der Waals surface area contributed by atoms with Crippen LogP contribution >= 0.6 is 0 Å². The fourth-order valence-corrected chi connectivity index (χ4v) is 3.24. The van der Waals surface area contributed by atoms with Gasteiger partial charge in [-0.1, -0.05) is 0 Å². The first kappa shape index (κ1) is 10.2. The molecule has 1 aliphatic carbocycles. The summed E-state index contributed by atoms with van der Waals surface area (Å²) in [5.41, 5.74) is 1.34. The van der Waals surface area contributed by atoms with Crippen molar-refractivity contribution in [3.63, 3.8) is 0 Å². The zero-order valence-electron chi connectivity index (χ0n) is 9.42. The van der Waals surface area contributed by atoms with E-state index in [1.54, 1.807) is 0 Å². The predicted molar refractivity (Wildman–Crippen MR) is 61.7 cm³/mol. The number of rotatable bonds is 2. The maximum absolute atomic E-state index is 9.58. The molecule has 1 aromatic heterocycles. The molecule has 0 aromatic carbocycles. The first-order chi connectivity index (χ1) is 7.81. The summed E-state index contributed by atoms with van der Waals surface area (Å²) in [4.78, 5) is 6.55. The van der Waals surface area contributed by atoms with Crippen LogP contribution in [0.1, 0.15) is 18.4 Å². The van der Waals surface area contributed by atoms with Gasteiger partial charge in [0, 0.05) is 32.0 Å². The third kappa shape index (κ3) is 1.97. The Hall–Kier alpha value is -0.930. The summed E-state index contributed by atoms with van der Waals surface area (Å²) in [7, 11) is 0. The van der Waals surface area contributed by atoms with E-state index in [2.05, 4.69) is 22.0 Å². The highest BCUT2D eigenvalue weighted by atomic mass is 16.3. The largest absolute Gasteiger partial charge is 0.393 e. The molecule has 3 rings (SSSR count). The molecule has 86 valence electrons. The van der Waals surface area contributed by atoms with E-state index in [9.17, 15) is 5.11 Å². The van der Waals surface area contributed by atoms with Gasteiger partial charge in [-0.05, 0) is 42.4 Å². The van der Waals surface area contributed by atoms with Crippen molar-refractivity contribution in [2.75, 3.05) is 13.1 Å². The fraction of sp³-hybridized carbons (Fsp3) is 0.615. The Bertz CT molecular complexity index is 340. The van der Waals surface area contributed by atoms with Gasteiger partial charge >= 0.3 is 0 Å². The molecule has 16 heavy (non-hydrogen) atoms. The van der Waals surface area contributed by atoms with Crippen LogP contribution in [0.2, 0.25) is 0 Å². The number of hydrogen-bond donors (Lipinski definition) is 1. The minimum absolute atomic E-state index is 0.0296. The number of likely N-dealkylation sites (tertiary alicyclic amines) is 1. The SMILES string of the molecule is OC1C[C@@H]2CN(Cc3ccncc3)C[C@@H]2C1. The molecule has 2 aliphatic rings. The highest BCUT2D eigenvalue weighted by Gasteiger charge is 2.39. The van der Waals surface area contributed by atoms with Crippen molar-refractivity contribution < 1.29 is 5.11 Å². The number of pyridine rings is 1. The Morgan fingerprint density at radius 3 is 2.44 bits per heavy atom.